The minimum absolute atomic E-state index is 0.268. The third kappa shape index (κ3) is 2.93. The molecule has 0 radical (unpaired) electrons. The zero-order chi connectivity index (χ0) is 13.9. The monoisotopic (exact) mass is 305 g/mol. The van der Waals surface area contributed by atoms with Crippen LogP contribution in [0.2, 0.25) is 4.34 Å². The maximum absolute atomic E-state index is 6.10. The second kappa shape index (κ2) is 6.30. The van der Waals surface area contributed by atoms with Crippen LogP contribution < -0.4 is 5.32 Å². The first-order valence-electron chi connectivity index (χ1n) is 7.38. The van der Waals surface area contributed by atoms with E-state index in [1.165, 1.54) is 36.1 Å². The molecule has 0 aliphatic heterocycles. The van der Waals surface area contributed by atoms with Gasteiger partial charge in [0.25, 0.3) is 0 Å². The van der Waals surface area contributed by atoms with E-state index in [1.54, 1.807) is 22.5 Å². The highest BCUT2D eigenvalue weighted by atomic mass is 35.5. The summed E-state index contributed by atoms with van der Waals surface area (Å²) in [7, 11) is 0. The summed E-state index contributed by atoms with van der Waals surface area (Å²) in [5.41, 5.74) is 4.45. The van der Waals surface area contributed by atoms with Crippen LogP contribution in [-0.4, -0.2) is 6.54 Å². The molecule has 1 aliphatic carbocycles. The minimum Gasteiger partial charge on any atom is -0.306 e. The van der Waals surface area contributed by atoms with Crippen LogP contribution in [0.15, 0.2) is 30.3 Å². The first-order chi connectivity index (χ1) is 9.78. The fraction of sp³-hybridized carbons (Fsp3) is 0.412. The van der Waals surface area contributed by atoms with E-state index < -0.39 is 0 Å². The van der Waals surface area contributed by atoms with E-state index in [-0.39, 0.29) is 6.04 Å². The molecule has 0 amide bonds. The fourth-order valence-electron chi connectivity index (χ4n) is 3.00. The first-order valence-corrected chi connectivity index (χ1v) is 8.57. The molecular formula is C17H20ClNS. The smallest absolute Gasteiger partial charge is 0.0931 e. The van der Waals surface area contributed by atoms with Crippen LogP contribution in [0.4, 0.5) is 0 Å². The highest BCUT2D eigenvalue weighted by molar-refractivity contribution is 7.16. The molecule has 3 heteroatoms. The van der Waals surface area contributed by atoms with Gasteiger partial charge in [-0.15, -0.1) is 11.3 Å². The van der Waals surface area contributed by atoms with Gasteiger partial charge in [0, 0.05) is 4.88 Å². The normalized spacial score (nSPS) is 15.9. The Morgan fingerprint density at radius 3 is 2.65 bits per heavy atom. The summed E-state index contributed by atoms with van der Waals surface area (Å²) < 4.78 is 0.862. The number of halogens is 1. The molecule has 0 saturated heterocycles. The second-order valence-corrected chi connectivity index (χ2v) is 7.11. The quantitative estimate of drug-likeness (QED) is 0.840. The Bertz CT molecular complexity index is 590. The number of aryl methyl sites for hydroxylation is 2. The largest absolute Gasteiger partial charge is 0.306 e. The molecule has 1 N–H and O–H groups in total. The number of thiophene rings is 1. The van der Waals surface area contributed by atoms with Crippen molar-refractivity contribution >= 4 is 22.9 Å². The van der Waals surface area contributed by atoms with Gasteiger partial charge in [-0.25, -0.2) is 0 Å². The Morgan fingerprint density at radius 1 is 1.15 bits per heavy atom. The van der Waals surface area contributed by atoms with Crippen molar-refractivity contribution in [1.82, 2.24) is 5.32 Å². The summed E-state index contributed by atoms with van der Waals surface area (Å²) >= 11 is 7.77. The highest BCUT2D eigenvalue weighted by Crippen LogP contribution is 2.33. The molecule has 1 heterocycles. The van der Waals surface area contributed by atoms with Gasteiger partial charge in [-0.1, -0.05) is 36.7 Å². The van der Waals surface area contributed by atoms with Gasteiger partial charge in [-0.2, -0.15) is 0 Å². The van der Waals surface area contributed by atoms with E-state index in [4.69, 9.17) is 11.6 Å². The molecule has 3 rings (SSSR count). The van der Waals surface area contributed by atoms with Crippen LogP contribution in [-0.2, 0) is 12.8 Å². The Kier molecular flexibility index (Phi) is 4.45. The van der Waals surface area contributed by atoms with E-state index >= 15 is 0 Å². The zero-order valence-electron chi connectivity index (χ0n) is 11.8. The SMILES string of the molecule is CCNC(c1ccc2c(c1)CCCC2)c1ccc(Cl)s1. The van der Waals surface area contributed by atoms with E-state index in [2.05, 4.69) is 36.5 Å². The molecule has 2 aromatic rings. The number of nitrogens with one attached hydrogen (secondary N) is 1. The average Bonchev–Trinajstić information content (AvgIpc) is 2.90. The maximum atomic E-state index is 6.10. The van der Waals surface area contributed by atoms with Gasteiger partial charge < -0.3 is 5.32 Å². The van der Waals surface area contributed by atoms with E-state index in [1.807, 2.05) is 6.07 Å². The molecular weight excluding hydrogens is 286 g/mol. The molecule has 1 nitrogen and oxygen atoms in total. The molecule has 1 aliphatic rings. The topological polar surface area (TPSA) is 12.0 Å². The van der Waals surface area contributed by atoms with Crippen molar-refractivity contribution in [2.45, 2.75) is 38.6 Å². The van der Waals surface area contributed by atoms with Crippen molar-refractivity contribution in [2.75, 3.05) is 6.54 Å². The molecule has 0 bridgehead atoms. The summed E-state index contributed by atoms with van der Waals surface area (Å²) in [4.78, 5) is 1.30. The molecule has 0 saturated carbocycles. The van der Waals surface area contributed by atoms with E-state index in [9.17, 15) is 0 Å². The minimum atomic E-state index is 0.268. The lowest BCUT2D eigenvalue weighted by Crippen LogP contribution is -2.21. The molecule has 1 aromatic heterocycles. The van der Waals surface area contributed by atoms with Crippen LogP contribution in [0.3, 0.4) is 0 Å². The number of benzene rings is 1. The third-order valence-electron chi connectivity index (χ3n) is 3.99. The van der Waals surface area contributed by atoms with Gasteiger partial charge in [0.05, 0.1) is 10.4 Å². The van der Waals surface area contributed by atoms with Crippen molar-refractivity contribution in [3.63, 3.8) is 0 Å². The molecule has 106 valence electrons. The molecule has 1 atom stereocenters. The summed E-state index contributed by atoms with van der Waals surface area (Å²) in [5, 5.41) is 3.59. The number of hydrogen-bond donors (Lipinski definition) is 1. The lowest BCUT2D eigenvalue weighted by atomic mass is 9.89. The van der Waals surface area contributed by atoms with Crippen LogP contribution in [0.5, 0.6) is 0 Å². The van der Waals surface area contributed by atoms with Crippen molar-refractivity contribution < 1.29 is 0 Å². The lowest BCUT2D eigenvalue weighted by Gasteiger charge is -2.21. The van der Waals surface area contributed by atoms with Crippen LogP contribution in [0.25, 0.3) is 0 Å². The zero-order valence-corrected chi connectivity index (χ0v) is 13.4. The molecule has 1 unspecified atom stereocenters. The van der Waals surface area contributed by atoms with Gasteiger partial charge >= 0.3 is 0 Å². The molecule has 0 fully saturated rings. The summed E-state index contributed by atoms with van der Waals surface area (Å²) in [6.45, 7) is 3.11. The van der Waals surface area contributed by atoms with Gasteiger partial charge in [-0.3, -0.25) is 0 Å². The predicted molar refractivity (Wildman–Crippen MR) is 87.9 cm³/mol. The standard InChI is InChI=1S/C17H20ClNS/c1-2-19-17(15-9-10-16(18)20-15)14-8-7-12-5-3-4-6-13(12)11-14/h7-11,17,19H,2-6H2,1H3. The summed E-state index contributed by atoms with van der Waals surface area (Å²) in [6, 6.07) is 11.4. The van der Waals surface area contributed by atoms with Crippen molar-refractivity contribution in [1.29, 1.82) is 0 Å². The van der Waals surface area contributed by atoms with Crippen molar-refractivity contribution in [3.8, 4) is 0 Å². The first kappa shape index (κ1) is 14.1. The fourth-order valence-corrected chi connectivity index (χ4v) is 4.17. The van der Waals surface area contributed by atoms with Crippen LogP contribution >= 0.6 is 22.9 Å². The number of fused-ring (bicyclic) bond motifs is 1. The van der Waals surface area contributed by atoms with E-state index in [0.717, 1.165) is 10.9 Å². The molecule has 0 spiro atoms. The third-order valence-corrected chi connectivity index (χ3v) is 5.29. The average molecular weight is 306 g/mol. The Morgan fingerprint density at radius 2 is 1.95 bits per heavy atom. The van der Waals surface area contributed by atoms with Crippen LogP contribution in [0, 0.1) is 0 Å². The van der Waals surface area contributed by atoms with Crippen molar-refractivity contribution in [2.24, 2.45) is 0 Å². The number of hydrogen-bond acceptors (Lipinski definition) is 2. The Labute approximate surface area is 130 Å². The van der Waals surface area contributed by atoms with Gasteiger partial charge in [0.15, 0.2) is 0 Å². The Hall–Kier alpha value is -0.830. The summed E-state index contributed by atoms with van der Waals surface area (Å²) in [5.74, 6) is 0. The summed E-state index contributed by atoms with van der Waals surface area (Å²) in [6.07, 6.45) is 5.14. The Balaban J connectivity index is 1.95. The predicted octanol–water partition coefficient (Wildman–Crippen LogP) is 4.98. The van der Waals surface area contributed by atoms with E-state index in [0.29, 0.717) is 0 Å². The number of rotatable bonds is 4. The van der Waals surface area contributed by atoms with Gasteiger partial charge in [0.1, 0.15) is 0 Å². The molecule has 1 aromatic carbocycles. The van der Waals surface area contributed by atoms with Crippen LogP contribution in [0.1, 0.15) is 47.4 Å². The van der Waals surface area contributed by atoms with Crippen molar-refractivity contribution in [3.05, 3.63) is 56.2 Å². The van der Waals surface area contributed by atoms with Gasteiger partial charge in [0.2, 0.25) is 0 Å². The molecule has 20 heavy (non-hydrogen) atoms. The second-order valence-electron chi connectivity index (χ2n) is 5.37. The lowest BCUT2D eigenvalue weighted by molar-refractivity contribution is 0.633. The maximum Gasteiger partial charge on any atom is 0.0931 e. The van der Waals surface area contributed by atoms with Gasteiger partial charge in [-0.05, 0) is 61.1 Å². The highest BCUT2D eigenvalue weighted by Gasteiger charge is 2.17.